The number of benzene rings is 2. The fourth-order valence-electron chi connectivity index (χ4n) is 8.05. The molecule has 2 amide bonds. The van der Waals surface area contributed by atoms with E-state index in [1.54, 1.807) is 22.7 Å². The maximum Gasteiger partial charge on any atom is 0.222 e. The van der Waals surface area contributed by atoms with Gasteiger partial charge in [-0.2, -0.15) is 0 Å². The zero-order chi connectivity index (χ0) is 47.9. The van der Waals surface area contributed by atoms with Crippen molar-refractivity contribution >= 4 is 69.1 Å². The maximum atomic E-state index is 13.2. The minimum atomic E-state index is -0.549. The van der Waals surface area contributed by atoms with Crippen LogP contribution in [0.2, 0.25) is 10.0 Å². The van der Waals surface area contributed by atoms with Gasteiger partial charge in [-0.15, -0.1) is 43.1 Å². The first-order chi connectivity index (χ1) is 32.9. The number of rotatable bonds is 21. The summed E-state index contributed by atoms with van der Waals surface area (Å²) in [6, 6.07) is 14.1. The molecule has 0 radical (unpaired) electrons. The molecule has 0 bridgehead atoms. The summed E-state index contributed by atoms with van der Waals surface area (Å²) >= 11 is 15.8. The van der Waals surface area contributed by atoms with Gasteiger partial charge in [0.2, 0.25) is 11.8 Å². The predicted octanol–water partition coefficient (Wildman–Crippen LogP) is 7.69. The molecule has 0 saturated carbocycles. The fourth-order valence-corrected chi connectivity index (χ4v) is 10.7. The number of aryl methyl sites for hydroxylation is 4. The van der Waals surface area contributed by atoms with Gasteiger partial charge in [-0.05, 0) is 76.9 Å². The Morgan fingerprint density at radius 1 is 0.544 bits per heavy atom. The average Bonchev–Trinajstić information content (AvgIpc) is 4.01. The van der Waals surface area contributed by atoms with Crippen LogP contribution in [-0.2, 0) is 28.5 Å². The molecule has 20 heteroatoms. The highest BCUT2D eigenvalue weighted by Gasteiger charge is 2.34. The van der Waals surface area contributed by atoms with Gasteiger partial charge in [-0.25, -0.2) is 0 Å². The molecule has 2 aromatic carbocycles. The summed E-state index contributed by atoms with van der Waals surface area (Å²) in [4.78, 5) is 39.2. The Bertz CT molecular complexity index is 2630. The zero-order valence-electron chi connectivity index (χ0n) is 38.9. The van der Waals surface area contributed by atoms with Gasteiger partial charge in [-0.3, -0.25) is 28.7 Å². The molecule has 8 rings (SSSR count). The van der Waals surface area contributed by atoms with Crippen molar-refractivity contribution in [1.29, 1.82) is 0 Å². The quantitative estimate of drug-likeness (QED) is 0.0679. The van der Waals surface area contributed by atoms with Crippen LogP contribution in [0.4, 0.5) is 0 Å². The Kier molecular flexibility index (Phi) is 16.3. The SMILES string of the molecule is Cc1sc2c(c1C)C(c1ccc(Cl)cc1)=NC(CC(=O)NCCOCCOCCOCCOCCNC(=O)CC1N=C(c3ccc(Cl)cc3)c3c(sc(C)c3C)-n3c(C)nnc31)c1nnc(C)n1-2. The van der Waals surface area contributed by atoms with Crippen molar-refractivity contribution < 1.29 is 28.5 Å². The highest BCUT2D eigenvalue weighted by atomic mass is 35.5. The van der Waals surface area contributed by atoms with Gasteiger partial charge < -0.3 is 29.6 Å². The van der Waals surface area contributed by atoms with E-state index in [1.807, 2.05) is 71.5 Å². The van der Waals surface area contributed by atoms with Crippen molar-refractivity contribution in [2.45, 2.75) is 66.5 Å². The number of thiophene rings is 2. The molecule has 2 aliphatic heterocycles. The molecule has 2 atom stereocenters. The molecule has 0 aliphatic carbocycles. The van der Waals surface area contributed by atoms with Gasteiger partial charge >= 0.3 is 0 Å². The maximum absolute atomic E-state index is 13.2. The fraction of sp³-hybridized carbons (Fsp3) is 0.417. The largest absolute Gasteiger partial charge is 0.377 e. The number of aliphatic imine (C=N–C) groups is 2. The van der Waals surface area contributed by atoms with Crippen LogP contribution in [0.25, 0.3) is 10.0 Å². The molecule has 2 N–H and O–H groups in total. The number of aromatic nitrogens is 6. The molecule has 2 aliphatic rings. The third-order valence-corrected chi connectivity index (χ3v) is 14.6. The Balaban J connectivity index is 0.696. The Labute approximate surface area is 413 Å². The van der Waals surface area contributed by atoms with Gasteiger partial charge in [0.25, 0.3) is 0 Å². The minimum Gasteiger partial charge on any atom is -0.377 e. The number of ether oxygens (including phenoxy) is 4. The summed E-state index contributed by atoms with van der Waals surface area (Å²) in [5.74, 6) is 2.40. The lowest BCUT2D eigenvalue weighted by molar-refractivity contribution is -0.122. The third-order valence-electron chi connectivity index (χ3n) is 11.7. The molecule has 6 heterocycles. The van der Waals surface area contributed by atoms with E-state index in [1.165, 1.54) is 9.75 Å². The van der Waals surface area contributed by atoms with Crippen molar-refractivity contribution in [2.24, 2.45) is 9.98 Å². The third kappa shape index (κ3) is 11.1. The number of nitrogens with zero attached hydrogens (tertiary/aromatic N) is 8. The molecule has 358 valence electrons. The molecule has 16 nitrogen and oxygen atoms in total. The predicted molar refractivity (Wildman–Crippen MR) is 265 cm³/mol. The number of hydrogen-bond acceptors (Lipinski definition) is 14. The summed E-state index contributed by atoms with van der Waals surface area (Å²) in [6.45, 7) is 15.9. The molecule has 2 unspecified atom stereocenters. The van der Waals surface area contributed by atoms with Crippen LogP contribution in [0.5, 0.6) is 0 Å². The van der Waals surface area contributed by atoms with E-state index in [2.05, 4.69) is 58.7 Å². The summed E-state index contributed by atoms with van der Waals surface area (Å²) in [6.07, 6.45) is 0.194. The summed E-state index contributed by atoms with van der Waals surface area (Å²) in [5.41, 5.74) is 7.73. The van der Waals surface area contributed by atoms with Crippen molar-refractivity contribution in [3.8, 4) is 10.0 Å². The molecule has 0 spiro atoms. The van der Waals surface area contributed by atoms with Crippen LogP contribution in [-0.4, -0.2) is 119 Å². The highest BCUT2D eigenvalue weighted by molar-refractivity contribution is 7.15. The van der Waals surface area contributed by atoms with Crippen LogP contribution in [0.1, 0.15) is 91.4 Å². The van der Waals surface area contributed by atoms with Crippen LogP contribution in [0, 0.1) is 41.5 Å². The van der Waals surface area contributed by atoms with Gasteiger partial charge in [0, 0.05) is 55.1 Å². The van der Waals surface area contributed by atoms with Crippen LogP contribution < -0.4 is 10.6 Å². The van der Waals surface area contributed by atoms with E-state index in [4.69, 9.17) is 52.1 Å². The standard InChI is InChI=1S/C48H54Cl2N10O6S2/c1-27-29(3)67-47-41(27)43(33-7-11-35(49)12-8-33)53-37(45-57-55-31(5)59(45)47)25-39(61)51-15-17-63-19-21-65-23-24-66-22-20-64-18-16-52-40(62)26-38-46-58-56-32(6)60(46)48-42(28(2)30(4)68-48)44(54-38)34-9-13-36(50)14-10-34/h7-14,37-38H,15-26H2,1-6H3,(H,51,61)(H,52,62). The molecule has 0 saturated heterocycles. The van der Waals surface area contributed by atoms with E-state index < -0.39 is 12.1 Å². The van der Waals surface area contributed by atoms with Crippen molar-refractivity contribution in [3.63, 3.8) is 0 Å². The van der Waals surface area contributed by atoms with Crippen LogP contribution in [0.15, 0.2) is 58.5 Å². The average molecular weight is 1000 g/mol. The van der Waals surface area contributed by atoms with E-state index in [0.717, 1.165) is 66.5 Å². The first kappa shape index (κ1) is 49.2. The molecule has 68 heavy (non-hydrogen) atoms. The van der Waals surface area contributed by atoms with Crippen molar-refractivity contribution in [3.05, 3.63) is 125 Å². The van der Waals surface area contributed by atoms with Gasteiger partial charge in [-0.1, -0.05) is 47.5 Å². The second-order valence-corrected chi connectivity index (χ2v) is 19.6. The van der Waals surface area contributed by atoms with Gasteiger partial charge in [0.05, 0.1) is 77.1 Å². The van der Waals surface area contributed by atoms with Gasteiger partial charge in [0.15, 0.2) is 11.6 Å². The lowest BCUT2D eigenvalue weighted by atomic mass is 9.99. The van der Waals surface area contributed by atoms with E-state index in [9.17, 15) is 9.59 Å². The number of hydrogen-bond donors (Lipinski definition) is 2. The number of carbonyl (C=O) groups excluding carboxylic acids is 2. The smallest absolute Gasteiger partial charge is 0.222 e. The monoisotopic (exact) mass is 1000 g/mol. The number of fused-ring (bicyclic) bond motifs is 6. The van der Waals surface area contributed by atoms with Gasteiger partial charge in [0.1, 0.15) is 33.7 Å². The second-order valence-electron chi connectivity index (χ2n) is 16.4. The minimum absolute atomic E-state index is 0.0971. The van der Waals surface area contributed by atoms with E-state index >= 15 is 0 Å². The Morgan fingerprint density at radius 3 is 1.26 bits per heavy atom. The Morgan fingerprint density at radius 2 is 0.897 bits per heavy atom. The lowest BCUT2D eigenvalue weighted by Gasteiger charge is -2.13. The molecule has 0 fully saturated rings. The number of carbonyl (C=O) groups is 2. The van der Waals surface area contributed by atoms with E-state index in [0.29, 0.717) is 87.6 Å². The number of halogens is 2. The van der Waals surface area contributed by atoms with Crippen molar-refractivity contribution in [2.75, 3.05) is 65.9 Å². The topological polar surface area (TPSA) is 181 Å². The summed E-state index contributed by atoms with van der Waals surface area (Å²) in [7, 11) is 0. The summed E-state index contributed by atoms with van der Waals surface area (Å²) in [5, 5.41) is 26.9. The molecule has 6 aromatic rings. The lowest BCUT2D eigenvalue weighted by Crippen LogP contribution is -2.29. The normalized spacial score (nSPS) is 15.1. The number of nitrogens with one attached hydrogen (secondary N) is 2. The zero-order valence-corrected chi connectivity index (χ0v) is 42.0. The molecule has 4 aromatic heterocycles. The number of amides is 2. The first-order valence-electron chi connectivity index (χ1n) is 22.5. The van der Waals surface area contributed by atoms with Crippen molar-refractivity contribution in [1.82, 2.24) is 40.2 Å². The van der Waals surface area contributed by atoms with Crippen LogP contribution in [0.3, 0.4) is 0 Å². The first-order valence-corrected chi connectivity index (χ1v) is 24.9. The second kappa shape index (κ2) is 22.5. The molecular formula is C48H54Cl2N10O6S2. The highest BCUT2D eigenvalue weighted by Crippen LogP contribution is 2.41. The summed E-state index contributed by atoms with van der Waals surface area (Å²) < 4.78 is 26.7. The molecular weight excluding hydrogens is 948 g/mol. The Hall–Kier alpha value is -5.18. The van der Waals surface area contributed by atoms with E-state index in [-0.39, 0.29) is 24.7 Å². The van der Waals surface area contributed by atoms with Crippen LogP contribution >= 0.6 is 45.9 Å².